The Kier molecular flexibility index (Phi) is 11.2. The Morgan fingerprint density at radius 3 is 2.35 bits per heavy atom. The van der Waals surface area contributed by atoms with Crippen molar-refractivity contribution in [3.05, 3.63) is 59.7 Å². The number of benzene rings is 1. The molecule has 0 aromatic heterocycles. The van der Waals surface area contributed by atoms with Crippen LogP contribution in [-0.2, 0) is 25.5 Å². The molecule has 8 heteroatoms. The molecule has 0 aliphatic rings. The Bertz CT molecular complexity index is 792. The summed E-state index contributed by atoms with van der Waals surface area (Å²) >= 11 is 0. The number of carboxylic acids is 1. The second-order valence-corrected chi connectivity index (χ2v) is 7.45. The maximum atomic E-state index is 12.1. The zero-order chi connectivity index (χ0) is 23.4. The number of nitrogens with two attached hydrogens (primary N) is 1. The molecule has 1 rings (SSSR count). The van der Waals surface area contributed by atoms with E-state index in [4.69, 9.17) is 15.6 Å². The van der Waals surface area contributed by atoms with E-state index < -0.39 is 24.0 Å². The lowest BCUT2D eigenvalue weighted by molar-refractivity contribution is -0.141. The van der Waals surface area contributed by atoms with Gasteiger partial charge in [-0.1, -0.05) is 54.1 Å². The summed E-state index contributed by atoms with van der Waals surface area (Å²) in [5.41, 5.74) is 8.27. The summed E-state index contributed by atoms with van der Waals surface area (Å²) in [5, 5.41) is 13.9. The first kappa shape index (κ1) is 26.1. The van der Waals surface area contributed by atoms with Crippen molar-refractivity contribution in [2.75, 3.05) is 7.11 Å². The normalized spacial score (nSPS) is 15.7. The maximum absolute atomic E-state index is 12.1. The molecule has 0 radical (unpaired) electrons. The topological polar surface area (TPSA) is 131 Å². The lowest BCUT2D eigenvalue weighted by Crippen LogP contribution is -2.42. The van der Waals surface area contributed by atoms with Crippen molar-refractivity contribution in [1.29, 1.82) is 0 Å². The lowest BCUT2D eigenvalue weighted by Gasteiger charge is -2.21. The summed E-state index contributed by atoms with van der Waals surface area (Å²) in [4.78, 5) is 34.4. The third kappa shape index (κ3) is 10.6. The molecule has 0 saturated carbocycles. The van der Waals surface area contributed by atoms with Gasteiger partial charge in [0.25, 0.3) is 0 Å². The van der Waals surface area contributed by atoms with Gasteiger partial charge in [0, 0.05) is 26.5 Å². The molecule has 0 spiro atoms. The van der Waals surface area contributed by atoms with Gasteiger partial charge in [0.15, 0.2) is 0 Å². The fourth-order valence-electron chi connectivity index (χ4n) is 2.95. The van der Waals surface area contributed by atoms with Crippen LogP contribution in [-0.4, -0.2) is 54.2 Å². The number of ether oxygens (including phenoxy) is 1. The predicted molar refractivity (Wildman–Crippen MR) is 119 cm³/mol. The molecule has 0 aliphatic heterocycles. The van der Waals surface area contributed by atoms with Crippen molar-refractivity contribution < 1.29 is 24.2 Å². The zero-order valence-corrected chi connectivity index (χ0v) is 18.5. The van der Waals surface area contributed by atoms with E-state index in [1.165, 1.54) is 13.8 Å². The molecule has 5 N–H and O–H groups in total. The third-order valence-corrected chi connectivity index (χ3v) is 4.60. The van der Waals surface area contributed by atoms with Crippen molar-refractivity contribution >= 4 is 17.8 Å². The highest BCUT2D eigenvalue weighted by Crippen LogP contribution is 2.11. The highest BCUT2D eigenvalue weighted by atomic mass is 16.5. The third-order valence-electron chi connectivity index (χ3n) is 4.60. The van der Waals surface area contributed by atoms with E-state index in [-0.39, 0.29) is 24.5 Å². The van der Waals surface area contributed by atoms with E-state index in [1.54, 1.807) is 19.3 Å². The van der Waals surface area contributed by atoms with Gasteiger partial charge < -0.3 is 26.2 Å². The number of carbonyl (C=O) groups is 3. The van der Waals surface area contributed by atoms with Crippen molar-refractivity contribution in [3.8, 4) is 0 Å². The van der Waals surface area contributed by atoms with Crippen LogP contribution in [0, 0.1) is 0 Å². The number of hydrogen-bond donors (Lipinski definition) is 4. The smallest absolute Gasteiger partial charge is 0.325 e. The van der Waals surface area contributed by atoms with Crippen LogP contribution in [0.3, 0.4) is 0 Å². The lowest BCUT2D eigenvalue weighted by atomic mass is 10.0. The molecule has 0 fully saturated rings. The number of carbonyl (C=O) groups excluding carboxylic acids is 2. The molecule has 1 unspecified atom stereocenters. The number of hydrogen-bond acceptors (Lipinski definition) is 5. The minimum absolute atomic E-state index is 0.0816. The highest BCUT2D eigenvalue weighted by Gasteiger charge is 2.18. The SMILES string of the molecule is CO[C@@H](Cc1ccccc1)[C@@H](N)/C=C(C)/C=C/C(CC(=O)N[C@H](C)C(=O)O)NC(C)=O. The molecule has 2 amide bonds. The van der Waals surface area contributed by atoms with Gasteiger partial charge in [-0.05, 0) is 19.4 Å². The van der Waals surface area contributed by atoms with Gasteiger partial charge in [-0.15, -0.1) is 0 Å². The number of allylic oxidation sites excluding steroid dienone is 2. The Labute approximate surface area is 183 Å². The summed E-state index contributed by atoms with van der Waals surface area (Å²) in [6.45, 7) is 4.59. The first-order chi connectivity index (χ1) is 14.6. The standard InChI is InChI=1S/C23H33N3O5/c1-15(12-20(24)21(31-4)13-18-8-6-5-7-9-18)10-11-19(26-17(3)27)14-22(28)25-16(2)23(29)30/h5-12,16,19-21H,13-14,24H2,1-4H3,(H,25,28)(H,26,27)(H,29,30)/b11-10+,15-12+/t16-,19?,20+,21+/m1/s1. The average molecular weight is 432 g/mol. The molecule has 0 heterocycles. The Morgan fingerprint density at radius 1 is 1.16 bits per heavy atom. The van der Waals surface area contributed by atoms with E-state index in [0.717, 1.165) is 11.1 Å². The van der Waals surface area contributed by atoms with Crippen LogP contribution in [0.25, 0.3) is 0 Å². The molecule has 8 nitrogen and oxygen atoms in total. The van der Waals surface area contributed by atoms with Crippen LogP contribution in [0.5, 0.6) is 0 Å². The number of aliphatic carboxylic acids is 1. The highest BCUT2D eigenvalue weighted by molar-refractivity contribution is 5.84. The fourth-order valence-corrected chi connectivity index (χ4v) is 2.95. The van der Waals surface area contributed by atoms with Crippen LogP contribution in [0.4, 0.5) is 0 Å². The minimum Gasteiger partial charge on any atom is -0.480 e. The van der Waals surface area contributed by atoms with Gasteiger partial charge in [-0.3, -0.25) is 14.4 Å². The van der Waals surface area contributed by atoms with Crippen molar-refractivity contribution in [2.45, 2.75) is 57.8 Å². The van der Waals surface area contributed by atoms with Gasteiger partial charge in [-0.25, -0.2) is 0 Å². The molecule has 31 heavy (non-hydrogen) atoms. The summed E-state index contributed by atoms with van der Waals surface area (Å²) in [5.74, 6) is -1.90. The first-order valence-corrected chi connectivity index (χ1v) is 10.1. The number of methoxy groups -OCH3 is 1. The van der Waals surface area contributed by atoms with Crippen LogP contribution in [0.2, 0.25) is 0 Å². The molecule has 4 atom stereocenters. The van der Waals surface area contributed by atoms with Gasteiger partial charge in [0.05, 0.1) is 18.6 Å². The second-order valence-electron chi connectivity index (χ2n) is 7.45. The van der Waals surface area contributed by atoms with Gasteiger partial charge in [0.1, 0.15) is 6.04 Å². The summed E-state index contributed by atoms with van der Waals surface area (Å²) in [6, 6.07) is 7.97. The summed E-state index contributed by atoms with van der Waals surface area (Å²) in [7, 11) is 1.62. The van der Waals surface area contributed by atoms with E-state index in [2.05, 4.69) is 10.6 Å². The van der Waals surface area contributed by atoms with Crippen molar-refractivity contribution in [2.24, 2.45) is 5.73 Å². The molecule has 1 aromatic rings. The van der Waals surface area contributed by atoms with E-state index in [1.807, 2.05) is 43.3 Å². The van der Waals surface area contributed by atoms with E-state index in [0.29, 0.717) is 6.42 Å². The van der Waals surface area contributed by atoms with Gasteiger partial charge >= 0.3 is 5.97 Å². The van der Waals surface area contributed by atoms with E-state index in [9.17, 15) is 14.4 Å². The molecule has 170 valence electrons. The van der Waals surface area contributed by atoms with Crippen LogP contribution >= 0.6 is 0 Å². The van der Waals surface area contributed by atoms with Crippen LogP contribution in [0.15, 0.2) is 54.1 Å². The molecule has 0 aliphatic carbocycles. The van der Waals surface area contributed by atoms with Crippen LogP contribution < -0.4 is 16.4 Å². The molecular formula is C23H33N3O5. The number of carboxylic acid groups (broad SMARTS) is 1. The second kappa shape index (κ2) is 13.4. The largest absolute Gasteiger partial charge is 0.480 e. The number of rotatable bonds is 12. The van der Waals surface area contributed by atoms with Gasteiger partial charge in [-0.2, -0.15) is 0 Å². The van der Waals surface area contributed by atoms with Crippen LogP contribution in [0.1, 0.15) is 32.8 Å². The number of nitrogens with one attached hydrogen (secondary N) is 2. The Morgan fingerprint density at radius 2 is 1.81 bits per heavy atom. The molecule has 0 saturated heterocycles. The molecule has 1 aromatic carbocycles. The predicted octanol–water partition coefficient (Wildman–Crippen LogP) is 1.56. The summed E-state index contributed by atoms with van der Waals surface area (Å²) < 4.78 is 5.55. The minimum atomic E-state index is -1.13. The van der Waals surface area contributed by atoms with E-state index >= 15 is 0 Å². The molecular weight excluding hydrogens is 398 g/mol. The Hall–Kier alpha value is -2.97. The first-order valence-electron chi connectivity index (χ1n) is 10.1. The monoisotopic (exact) mass is 431 g/mol. The van der Waals surface area contributed by atoms with Gasteiger partial charge in [0.2, 0.25) is 11.8 Å². The van der Waals surface area contributed by atoms with Crippen molar-refractivity contribution in [1.82, 2.24) is 10.6 Å². The summed E-state index contributed by atoms with van der Waals surface area (Å²) in [6.07, 6.45) is 5.70. The molecule has 0 bridgehead atoms. The quantitative estimate of drug-likeness (QED) is 0.372. The van der Waals surface area contributed by atoms with Crippen molar-refractivity contribution in [3.63, 3.8) is 0 Å². The zero-order valence-electron chi connectivity index (χ0n) is 18.5. The average Bonchev–Trinajstić information content (AvgIpc) is 2.70. The maximum Gasteiger partial charge on any atom is 0.325 e. The fraction of sp³-hybridized carbons (Fsp3) is 0.435. The Balaban J connectivity index is 2.78. The number of amides is 2.